The number of carbonyl (C=O) groups is 2. The van der Waals surface area contributed by atoms with Gasteiger partial charge < -0.3 is 23.5 Å². The van der Waals surface area contributed by atoms with Crippen molar-refractivity contribution in [3.05, 3.63) is 23.8 Å². The molecule has 0 unspecified atom stereocenters. The summed E-state index contributed by atoms with van der Waals surface area (Å²) in [6.07, 6.45) is 6.86. The predicted molar refractivity (Wildman–Crippen MR) is 99.6 cm³/mol. The molecule has 1 radical (unpaired) electrons. The molecule has 0 aromatic heterocycles. The van der Waals surface area contributed by atoms with Crippen LogP contribution in [0.1, 0.15) is 61.3 Å². The van der Waals surface area contributed by atoms with Crippen LogP contribution in [-0.2, 0) is 55.7 Å². The Hall–Kier alpha value is -0.126. The minimum absolute atomic E-state index is 0. The second-order valence-electron chi connectivity index (χ2n) is 6.89. The number of allylic oxidation sites excluding steroid dienone is 2. The van der Waals surface area contributed by atoms with Crippen LogP contribution in [0.3, 0.4) is 0 Å². The summed E-state index contributed by atoms with van der Waals surface area (Å²) in [7, 11) is 0. The Morgan fingerprint density at radius 1 is 1.17 bits per heavy atom. The fraction of sp³-hybridized carbons (Fsp3) is 0.667. The number of ether oxygens (including phenoxy) is 1. The van der Waals surface area contributed by atoms with Crippen LogP contribution in [0.15, 0.2) is 23.8 Å². The number of hydrogen-bond donors (Lipinski definition) is 1. The molecule has 0 aliphatic rings. The minimum atomic E-state index is -0.512. The van der Waals surface area contributed by atoms with E-state index < -0.39 is 17.0 Å². The SMILES string of the molecule is C/C=C\C(=C/CC)COC(=O)NC(C)(C)CC(C)(C)C(C)=O.[SH-].[Y]. The normalized spacial score (nSPS) is 12.2. The van der Waals surface area contributed by atoms with Crippen LogP contribution in [0.4, 0.5) is 4.79 Å². The van der Waals surface area contributed by atoms with Crippen LogP contribution < -0.4 is 5.32 Å². The van der Waals surface area contributed by atoms with E-state index in [-0.39, 0.29) is 58.6 Å². The Kier molecular flexibility index (Phi) is 15.7. The third kappa shape index (κ3) is 12.3. The van der Waals surface area contributed by atoms with Crippen molar-refractivity contribution >= 4 is 25.4 Å². The van der Waals surface area contributed by atoms with Gasteiger partial charge in [-0.1, -0.05) is 39.0 Å². The summed E-state index contributed by atoms with van der Waals surface area (Å²) in [4.78, 5) is 23.6. The predicted octanol–water partition coefficient (Wildman–Crippen LogP) is 4.14. The maximum Gasteiger partial charge on any atom is 0.407 e. The number of rotatable bonds is 8. The van der Waals surface area contributed by atoms with Gasteiger partial charge in [0.05, 0.1) is 0 Å². The van der Waals surface area contributed by atoms with E-state index >= 15 is 0 Å². The van der Waals surface area contributed by atoms with Crippen molar-refractivity contribution in [1.29, 1.82) is 0 Å². The Morgan fingerprint density at radius 2 is 1.71 bits per heavy atom. The molecule has 0 fully saturated rings. The van der Waals surface area contributed by atoms with Crippen molar-refractivity contribution in [3.63, 3.8) is 0 Å². The Labute approximate surface area is 179 Å². The zero-order chi connectivity index (χ0) is 17.4. The van der Waals surface area contributed by atoms with Crippen molar-refractivity contribution < 1.29 is 47.0 Å². The fourth-order valence-electron chi connectivity index (χ4n) is 2.39. The van der Waals surface area contributed by atoms with Gasteiger partial charge >= 0.3 is 6.09 Å². The van der Waals surface area contributed by atoms with Crippen molar-refractivity contribution in [2.24, 2.45) is 5.41 Å². The van der Waals surface area contributed by atoms with E-state index in [2.05, 4.69) is 5.32 Å². The average molecular weight is 431 g/mol. The van der Waals surface area contributed by atoms with Gasteiger partial charge in [-0.05, 0) is 46.1 Å². The largest absolute Gasteiger partial charge is 0.813 e. The number of hydrogen-bond acceptors (Lipinski definition) is 4. The van der Waals surface area contributed by atoms with E-state index in [0.717, 1.165) is 12.0 Å². The fourth-order valence-corrected chi connectivity index (χ4v) is 2.39. The van der Waals surface area contributed by atoms with E-state index in [4.69, 9.17) is 4.74 Å². The van der Waals surface area contributed by atoms with Gasteiger partial charge in [0.1, 0.15) is 12.4 Å². The molecule has 0 rings (SSSR count). The summed E-state index contributed by atoms with van der Waals surface area (Å²) in [5.74, 6) is 0.108. The van der Waals surface area contributed by atoms with Crippen LogP contribution in [0.25, 0.3) is 0 Å². The zero-order valence-corrected chi connectivity index (χ0v) is 19.8. The van der Waals surface area contributed by atoms with Crippen LogP contribution in [-0.4, -0.2) is 24.0 Å². The molecule has 24 heavy (non-hydrogen) atoms. The second-order valence-corrected chi connectivity index (χ2v) is 6.89. The monoisotopic (exact) mass is 431 g/mol. The molecule has 0 spiro atoms. The van der Waals surface area contributed by atoms with Crippen LogP contribution in [0.5, 0.6) is 0 Å². The van der Waals surface area contributed by atoms with Gasteiger partial charge in [0.25, 0.3) is 0 Å². The molecule has 0 aromatic rings. The molecule has 0 bridgehead atoms. The standard InChI is InChI=1S/C18H31NO3.H2S.Y/c1-8-10-15(11-9-2)12-22-16(21)19-18(6,7)13-17(4,5)14(3)20;;/h8,10-11H,9,12-13H2,1-7H3,(H,19,21);1H2;/p-1/b10-8-,15-11+;;. The van der Waals surface area contributed by atoms with E-state index in [9.17, 15) is 9.59 Å². The van der Waals surface area contributed by atoms with Gasteiger partial charge in [0, 0.05) is 43.7 Å². The number of Topliss-reactive ketones (excluding diaryl/α,β-unsaturated/α-hetero) is 1. The van der Waals surface area contributed by atoms with Crippen molar-refractivity contribution in [2.45, 2.75) is 66.8 Å². The van der Waals surface area contributed by atoms with Crippen molar-refractivity contribution in [3.8, 4) is 0 Å². The first-order valence-electron chi connectivity index (χ1n) is 7.82. The Bertz CT molecular complexity index is 457. The smallest absolute Gasteiger partial charge is 0.407 e. The molecule has 1 N–H and O–H groups in total. The second kappa shape index (κ2) is 13.1. The molecule has 0 aliphatic heterocycles. The topological polar surface area (TPSA) is 55.4 Å². The molecule has 1 amide bonds. The summed E-state index contributed by atoms with van der Waals surface area (Å²) in [6, 6.07) is 0. The van der Waals surface area contributed by atoms with Crippen molar-refractivity contribution in [1.82, 2.24) is 5.32 Å². The summed E-state index contributed by atoms with van der Waals surface area (Å²) in [5.41, 5.74) is -0.0155. The molecular weight excluding hydrogens is 399 g/mol. The number of carbonyl (C=O) groups excluding carboxylic acids is 2. The molecule has 0 aliphatic carbocycles. The third-order valence-electron chi connectivity index (χ3n) is 3.49. The van der Waals surface area contributed by atoms with Crippen LogP contribution >= 0.6 is 0 Å². The van der Waals surface area contributed by atoms with Crippen LogP contribution in [0, 0.1) is 5.41 Å². The summed E-state index contributed by atoms with van der Waals surface area (Å²) >= 11 is 0. The molecule has 0 heterocycles. The zero-order valence-electron chi connectivity index (χ0n) is 16.1. The van der Waals surface area contributed by atoms with Gasteiger partial charge in [0.2, 0.25) is 0 Å². The minimum Gasteiger partial charge on any atom is -0.813 e. The third-order valence-corrected chi connectivity index (χ3v) is 3.49. The quantitative estimate of drug-likeness (QED) is 0.357. The number of ketones is 1. The number of alkyl carbamates (subject to hydrolysis) is 1. The maximum atomic E-state index is 12.0. The van der Waals surface area contributed by atoms with Gasteiger partial charge in [-0.15, -0.1) is 0 Å². The summed E-state index contributed by atoms with van der Waals surface area (Å²) in [5, 5.41) is 2.84. The van der Waals surface area contributed by atoms with E-state index in [1.54, 1.807) is 6.92 Å². The molecular formula is C18H32NO3SY-. The van der Waals surface area contributed by atoms with E-state index in [1.807, 2.05) is 59.8 Å². The average Bonchev–Trinajstić information content (AvgIpc) is 2.34. The van der Waals surface area contributed by atoms with Gasteiger partial charge in [-0.25, -0.2) is 4.79 Å². The van der Waals surface area contributed by atoms with Gasteiger partial charge in [-0.3, -0.25) is 4.79 Å². The summed E-state index contributed by atoms with van der Waals surface area (Å²) < 4.78 is 5.27. The molecule has 0 saturated carbocycles. The van der Waals surface area contributed by atoms with Crippen molar-refractivity contribution in [2.75, 3.05) is 6.61 Å². The number of nitrogens with one attached hydrogen (secondary N) is 1. The molecule has 0 saturated heterocycles. The van der Waals surface area contributed by atoms with E-state index in [0.29, 0.717) is 6.42 Å². The van der Waals surface area contributed by atoms with Gasteiger partial charge in [0.15, 0.2) is 0 Å². The number of thiol groups is 1. The molecule has 137 valence electrons. The first-order valence-corrected chi connectivity index (χ1v) is 7.82. The van der Waals surface area contributed by atoms with E-state index in [1.165, 1.54) is 0 Å². The molecule has 6 heteroatoms. The Morgan fingerprint density at radius 3 is 2.12 bits per heavy atom. The molecule has 0 aromatic carbocycles. The van der Waals surface area contributed by atoms with Gasteiger partial charge in [-0.2, -0.15) is 0 Å². The maximum absolute atomic E-state index is 12.0. The molecule has 4 nitrogen and oxygen atoms in total. The summed E-state index contributed by atoms with van der Waals surface area (Å²) in [6.45, 7) is 13.4. The van der Waals surface area contributed by atoms with Crippen LogP contribution in [0.2, 0.25) is 0 Å². The molecule has 0 atom stereocenters. The first-order chi connectivity index (χ1) is 10.0. The number of amides is 1. The first kappa shape index (κ1) is 28.7. The Balaban J connectivity index is -0.00000220.